The molecule has 0 aliphatic heterocycles. The van der Waals surface area contributed by atoms with Gasteiger partial charge in [-0.15, -0.1) is 21.5 Å². The van der Waals surface area contributed by atoms with Gasteiger partial charge in [-0.1, -0.05) is 35.9 Å². The lowest BCUT2D eigenvalue weighted by Gasteiger charge is -2.09. The zero-order valence-electron chi connectivity index (χ0n) is 15.9. The van der Waals surface area contributed by atoms with Crippen molar-refractivity contribution in [2.24, 2.45) is 5.73 Å². The number of nitrogens with two attached hydrogens (primary N) is 1. The largest absolute Gasteiger partial charge is 0.424 e. The van der Waals surface area contributed by atoms with Crippen LogP contribution in [0.2, 0.25) is 5.02 Å². The number of nitrogens with zero attached hydrogens (tertiary/aromatic N) is 3. The summed E-state index contributed by atoms with van der Waals surface area (Å²) in [6.45, 7) is 0. The molecule has 0 radical (unpaired) electrons. The van der Waals surface area contributed by atoms with Gasteiger partial charge in [-0.25, -0.2) is 4.98 Å². The van der Waals surface area contributed by atoms with Gasteiger partial charge in [0.25, 0.3) is 0 Å². The SMILES string of the molecule is NC1(NC(=O)Cc2nnc(Cc3nc4ccc(-c5ccccc5Cl)cc4s3)o2)CC1. The summed E-state index contributed by atoms with van der Waals surface area (Å²) in [6, 6.07) is 13.8. The molecule has 0 spiro atoms. The predicted molar refractivity (Wildman–Crippen MR) is 115 cm³/mol. The lowest BCUT2D eigenvalue weighted by atomic mass is 10.1. The number of halogens is 1. The maximum Gasteiger partial charge on any atom is 0.230 e. The number of amides is 1. The Kier molecular flexibility index (Phi) is 4.77. The topological polar surface area (TPSA) is 107 Å². The first kappa shape index (κ1) is 19.2. The van der Waals surface area contributed by atoms with Crippen LogP contribution < -0.4 is 11.1 Å². The van der Waals surface area contributed by atoms with Crippen molar-refractivity contribution in [2.75, 3.05) is 0 Å². The molecule has 2 aromatic carbocycles. The van der Waals surface area contributed by atoms with Gasteiger partial charge in [0.2, 0.25) is 17.7 Å². The molecule has 2 heterocycles. The summed E-state index contributed by atoms with van der Waals surface area (Å²) in [5.74, 6) is 0.489. The molecule has 4 aromatic rings. The highest BCUT2D eigenvalue weighted by molar-refractivity contribution is 7.18. The summed E-state index contributed by atoms with van der Waals surface area (Å²) in [4.78, 5) is 16.6. The molecule has 5 rings (SSSR count). The van der Waals surface area contributed by atoms with Crippen molar-refractivity contribution in [3.05, 3.63) is 64.3 Å². The lowest BCUT2D eigenvalue weighted by molar-refractivity contribution is -0.121. The van der Waals surface area contributed by atoms with Crippen molar-refractivity contribution in [3.8, 4) is 11.1 Å². The predicted octanol–water partition coefficient (Wildman–Crippen LogP) is 3.70. The number of carbonyl (C=O) groups excluding carboxylic acids is 1. The van der Waals surface area contributed by atoms with Crippen LogP contribution in [0.5, 0.6) is 0 Å². The number of thiazole rings is 1. The highest BCUT2D eigenvalue weighted by atomic mass is 35.5. The van der Waals surface area contributed by atoms with Gasteiger partial charge in [0, 0.05) is 10.6 Å². The van der Waals surface area contributed by atoms with E-state index in [1.807, 2.05) is 36.4 Å². The third kappa shape index (κ3) is 4.07. The third-order valence-electron chi connectivity index (χ3n) is 4.92. The average molecular weight is 440 g/mol. The molecule has 7 nitrogen and oxygen atoms in total. The molecular weight excluding hydrogens is 422 g/mol. The average Bonchev–Trinajstić information content (AvgIpc) is 3.10. The minimum Gasteiger partial charge on any atom is -0.424 e. The molecule has 3 N–H and O–H groups in total. The summed E-state index contributed by atoms with van der Waals surface area (Å²) in [5.41, 5.74) is 8.27. The molecule has 1 amide bonds. The zero-order valence-corrected chi connectivity index (χ0v) is 17.5. The monoisotopic (exact) mass is 439 g/mol. The Hall–Kier alpha value is -2.81. The summed E-state index contributed by atoms with van der Waals surface area (Å²) in [7, 11) is 0. The van der Waals surface area contributed by atoms with Gasteiger partial charge in [0.1, 0.15) is 11.4 Å². The second kappa shape index (κ2) is 7.46. The number of aromatic nitrogens is 3. The summed E-state index contributed by atoms with van der Waals surface area (Å²) < 4.78 is 6.68. The van der Waals surface area contributed by atoms with E-state index < -0.39 is 5.66 Å². The number of hydrogen-bond donors (Lipinski definition) is 2. The lowest BCUT2D eigenvalue weighted by Crippen LogP contribution is -2.44. The minimum absolute atomic E-state index is 0.0208. The quantitative estimate of drug-likeness (QED) is 0.443. The van der Waals surface area contributed by atoms with Gasteiger partial charge in [-0.3, -0.25) is 4.79 Å². The first-order chi connectivity index (χ1) is 14.5. The zero-order chi connectivity index (χ0) is 20.7. The van der Waals surface area contributed by atoms with Gasteiger partial charge in [-0.05, 0) is 36.6 Å². The van der Waals surface area contributed by atoms with E-state index in [1.165, 1.54) is 0 Å². The Balaban J connectivity index is 1.30. The normalized spacial score (nSPS) is 14.7. The summed E-state index contributed by atoms with van der Waals surface area (Å²) in [5, 5.41) is 12.4. The first-order valence-corrected chi connectivity index (χ1v) is 10.7. The van der Waals surface area contributed by atoms with Crippen molar-refractivity contribution in [3.63, 3.8) is 0 Å². The maximum absolute atomic E-state index is 12.0. The maximum atomic E-state index is 12.0. The highest BCUT2D eigenvalue weighted by Crippen LogP contribution is 2.32. The molecule has 1 saturated carbocycles. The molecule has 30 heavy (non-hydrogen) atoms. The molecule has 152 valence electrons. The second-order valence-corrected chi connectivity index (χ2v) is 8.94. The van der Waals surface area contributed by atoms with Gasteiger partial charge in [-0.2, -0.15) is 0 Å². The van der Waals surface area contributed by atoms with Crippen molar-refractivity contribution < 1.29 is 9.21 Å². The van der Waals surface area contributed by atoms with Crippen molar-refractivity contribution >= 4 is 39.1 Å². The van der Waals surface area contributed by atoms with Crippen LogP contribution in [0.15, 0.2) is 46.9 Å². The van der Waals surface area contributed by atoms with Crippen LogP contribution in [0, 0.1) is 0 Å². The number of nitrogens with one attached hydrogen (secondary N) is 1. The number of fused-ring (bicyclic) bond motifs is 1. The number of benzene rings is 2. The fourth-order valence-electron chi connectivity index (χ4n) is 3.19. The molecule has 1 aliphatic rings. The Labute approximate surface area is 181 Å². The van der Waals surface area contributed by atoms with E-state index in [-0.39, 0.29) is 18.2 Å². The van der Waals surface area contributed by atoms with E-state index in [1.54, 1.807) is 11.3 Å². The van der Waals surface area contributed by atoms with Crippen LogP contribution in [-0.2, 0) is 17.6 Å². The molecule has 0 unspecified atom stereocenters. The number of rotatable bonds is 6. The molecular formula is C21H18ClN5O2S. The fourth-order valence-corrected chi connectivity index (χ4v) is 4.43. The van der Waals surface area contributed by atoms with E-state index in [2.05, 4.69) is 26.6 Å². The second-order valence-electron chi connectivity index (χ2n) is 7.42. The van der Waals surface area contributed by atoms with Crippen molar-refractivity contribution in [2.45, 2.75) is 31.3 Å². The molecule has 2 aromatic heterocycles. The van der Waals surface area contributed by atoms with Gasteiger partial charge in [0.05, 0.1) is 22.3 Å². The van der Waals surface area contributed by atoms with Crippen LogP contribution in [0.25, 0.3) is 21.3 Å². The van der Waals surface area contributed by atoms with E-state index in [9.17, 15) is 4.79 Å². The van der Waals surface area contributed by atoms with Gasteiger partial charge >= 0.3 is 0 Å². The number of hydrogen-bond acceptors (Lipinski definition) is 7. The van der Waals surface area contributed by atoms with Gasteiger partial charge in [0.15, 0.2) is 0 Å². The Morgan fingerprint density at radius 3 is 2.80 bits per heavy atom. The van der Waals surface area contributed by atoms with Crippen LogP contribution in [-0.4, -0.2) is 26.8 Å². The van der Waals surface area contributed by atoms with E-state index >= 15 is 0 Å². The Morgan fingerprint density at radius 2 is 2.00 bits per heavy atom. The summed E-state index contributed by atoms with van der Waals surface area (Å²) >= 11 is 7.89. The molecule has 1 fully saturated rings. The van der Waals surface area contributed by atoms with E-state index in [0.717, 1.165) is 39.2 Å². The number of carbonyl (C=O) groups is 1. The van der Waals surface area contributed by atoms with Crippen molar-refractivity contribution in [1.29, 1.82) is 0 Å². The van der Waals surface area contributed by atoms with Crippen molar-refractivity contribution in [1.82, 2.24) is 20.5 Å². The molecule has 9 heteroatoms. The molecule has 0 atom stereocenters. The Morgan fingerprint density at radius 1 is 1.20 bits per heavy atom. The standard InChI is InChI=1S/C21H18ClN5O2S/c22-14-4-2-1-3-13(14)12-5-6-15-16(9-12)30-20(24-15)11-19-27-26-18(29-19)10-17(28)25-21(23)7-8-21/h1-6,9H,7-8,10-11,23H2,(H,25,28). The van der Waals surface area contributed by atoms with Crippen LogP contribution in [0.3, 0.4) is 0 Å². The van der Waals surface area contributed by atoms with E-state index in [4.69, 9.17) is 21.8 Å². The first-order valence-electron chi connectivity index (χ1n) is 9.53. The minimum atomic E-state index is -0.552. The smallest absolute Gasteiger partial charge is 0.230 e. The molecule has 1 aliphatic carbocycles. The molecule has 0 bridgehead atoms. The highest BCUT2D eigenvalue weighted by Gasteiger charge is 2.39. The molecule has 0 saturated heterocycles. The fraction of sp³-hybridized carbons (Fsp3) is 0.238. The third-order valence-corrected chi connectivity index (χ3v) is 6.27. The Bertz CT molecular complexity index is 1250. The van der Waals surface area contributed by atoms with Crippen LogP contribution >= 0.6 is 22.9 Å². The summed E-state index contributed by atoms with van der Waals surface area (Å²) in [6.07, 6.45) is 2.02. The van der Waals surface area contributed by atoms with E-state index in [0.29, 0.717) is 17.3 Å². The van der Waals surface area contributed by atoms with Gasteiger partial charge < -0.3 is 15.5 Å². The van der Waals surface area contributed by atoms with Crippen LogP contribution in [0.1, 0.15) is 29.6 Å². The van der Waals surface area contributed by atoms with Crippen LogP contribution in [0.4, 0.5) is 0 Å².